The maximum Gasteiger partial charge on any atom is 0.329 e. The highest BCUT2D eigenvalue weighted by molar-refractivity contribution is 7.95. The first-order chi connectivity index (χ1) is 9.97. The van der Waals surface area contributed by atoms with Gasteiger partial charge >= 0.3 is 5.97 Å². The number of fused-ring (bicyclic) bond motifs is 1. The van der Waals surface area contributed by atoms with Crippen LogP contribution in [0, 0.1) is 0 Å². The zero-order chi connectivity index (χ0) is 15.6. The molecule has 0 bridgehead atoms. The Labute approximate surface area is 126 Å². The van der Waals surface area contributed by atoms with E-state index >= 15 is 0 Å². The molecule has 0 aromatic heterocycles. The van der Waals surface area contributed by atoms with E-state index in [9.17, 15) is 14.4 Å². The van der Waals surface area contributed by atoms with Crippen LogP contribution in [0.15, 0.2) is 24.3 Å². The van der Waals surface area contributed by atoms with Gasteiger partial charge in [-0.1, -0.05) is 12.1 Å². The summed E-state index contributed by atoms with van der Waals surface area (Å²) in [5, 5.41) is 0. The van der Waals surface area contributed by atoms with Gasteiger partial charge in [-0.3, -0.25) is 14.5 Å². The third-order valence-corrected chi connectivity index (χ3v) is 4.46. The summed E-state index contributed by atoms with van der Waals surface area (Å²) < 4.78 is 4.77. The van der Waals surface area contributed by atoms with Gasteiger partial charge in [0.15, 0.2) is 0 Å². The van der Waals surface area contributed by atoms with Crippen LogP contribution >= 0.6 is 0 Å². The van der Waals surface area contributed by atoms with Crippen molar-refractivity contribution in [3.63, 3.8) is 0 Å². The molecule has 1 heterocycles. The van der Waals surface area contributed by atoms with Gasteiger partial charge in [0.1, 0.15) is 11.8 Å². The Hall–Kier alpha value is -1.82. The second-order valence-electron chi connectivity index (χ2n) is 5.04. The largest absolute Gasteiger partial charge is 0.467 e. The average Bonchev–Trinajstić information content (AvgIpc) is 2.72. The van der Waals surface area contributed by atoms with Crippen LogP contribution in [0.2, 0.25) is 0 Å². The van der Waals surface area contributed by atoms with Crippen molar-refractivity contribution in [1.29, 1.82) is 0 Å². The lowest BCUT2D eigenvalue weighted by Crippen LogP contribution is -2.46. The van der Waals surface area contributed by atoms with Gasteiger partial charge in [-0.15, -0.1) is 0 Å². The Morgan fingerprint density at radius 2 is 1.71 bits per heavy atom. The number of nitrogens with zero attached hydrogens (tertiary/aromatic N) is 1. The summed E-state index contributed by atoms with van der Waals surface area (Å²) >= 11 is 0. The smallest absolute Gasteiger partial charge is 0.329 e. The van der Waals surface area contributed by atoms with Crippen LogP contribution in [0.4, 0.5) is 0 Å². The Morgan fingerprint density at radius 1 is 1.19 bits per heavy atom. The van der Waals surface area contributed by atoms with Gasteiger partial charge in [0.2, 0.25) is 0 Å². The topological polar surface area (TPSA) is 63.7 Å². The molecule has 0 N–H and O–H groups in total. The highest BCUT2D eigenvalue weighted by Gasteiger charge is 2.43. The lowest BCUT2D eigenvalue weighted by Gasteiger charge is -2.23. The van der Waals surface area contributed by atoms with Gasteiger partial charge in [0.05, 0.1) is 30.7 Å². The van der Waals surface area contributed by atoms with Crippen LogP contribution in [-0.4, -0.2) is 54.1 Å². The second-order valence-corrected chi connectivity index (χ2v) is 7.42. The van der Waals surface area contributed by atoms with Crippen LogP contribution in [0.3, 0.4) is 0 Å². The molecule has 2 rings (SSSR count). The number of ether oxygens (including phenoxy) is 1. The minimum Gasteiger partial charge on any atom is -0.467 e. The van der Waals surface area contributed by atoms with Crippen LogP contribution < -0.4 is 0 Å². The zero-order valence-corrected chi connectivity index (χ0v) is 13.1. The normalized spacial score (nSPS) is 15.3. The number of esters is 1. The number of imide groups is 1. The SMILES string of the molecule is COC(=O)[C@H](CC[S+](C)C)N1C(=O)c2ccccc2C1=O. The molecule has 0 aliphatic carbocycles. The lowest BCUT2D eigenvalue weighted by molar-refractivity contribution is -0.145. The first-order valence-corrected chi connectivity index (χ1v) is 8.77. The molecule has 1 aromatic carbocycles. The molecule has 0 spiro atoms. The number of benzene rings is 1. The summed E-state index contributed by atoms with van der Waals surface area (Å²) in [4.78, 5) is 37.9. The van der Waals surface area contributed by atoms with E-state index in [0.29, 0.717) is 17.5 Å². The van der Waals surface area contributed by atoms with E-state index in [1.807, 2.05) is 0 Å². The molecule has 0 saturated heterocycles. The molecule has 0 unspecified atom stereocenters. The van der Waals surface area contributed by atoms with Crippen molar-refractivity contribution in [3.05, 3.63) is 35.4 Å². The van der Waals surface area contributed by atoms with Crippen LogP contribution in [-0.2, 0) is 20.4 Å². The predicted molar refractivity (Wildman–Crippen MR) is 81.4 cm³/mol. The summed E-state index contributed by atoms with van der Waals surface area (Å²) in [6, 6.07) is 5.77. The molecule has 21 heavy (non-hydrogen) atoms. The summed E-state index contributed by atoms with van der Waals surface area (Å²) in [6.07, 6.45) is 4.53. The molecule has 1 aliphatic rings. The molecule has 1 aliphatic heterocycles. The molecule has 1 atom stereocenters. The molecule has 0 saturated carbocycles. The molecule has 2 amide bonds. The molecule has 1 aromatic rings. The molecular formula is C15H18NO4S+. The van der Waals surface area contributed by atoms with Crippen molar-refractivity contribution < 1.29 is 19.1 Å². The second kappa shape index (κ2) is 6.30. The quantitative estimate of drug-likeness (QED) is 0.464. The van der Waals surface area contributed by atoms with E-state index in [1.165, 1.54) is 7.11 Å². The minimum absolute atomic E-state index is 0.115. The lowest BCUT2D eigenvalue weighted by atomic mass is 10.1. The molecule has 112 valence electrons. The number of carbonyl (C=O) groups is 3. The Kier molecular flexibility index (Phi) is 4.67. The zero-order valence-electron chi connectivity index (χ0n) is 12.3. The van der Waals surface area contributed by atoms with E-state index in [2.05, 4.69) is 12.5 Å². The average molecular weight is 308 g/mol. The fraction of sp³-hybridized carbons (Fsp3) is 0.400. The van der Waals surface area contributed by atoms with E-state index in [4.69, 9.17) is 4.74 Å². The molecule has 5 nitrogen and oxygen atoms in total. The van der Waals surface area contributed by atoms with E-state index < -0.39 is 23.8 Å². The fourth-order valence-electron chi connectivity index (χ4n) is 2.33. The Bertz CT molecular complexity index is 550. The third kappa shape index (κ3) is 2.95. The van der Waals surface area contributed by atoms with Crippen molar-refractivity contribution in [2.45, 2.75) is 12.5 Å². The van der Waals surface area contributed by atoms with Gasteiger partial charge in [-0.2, -0.15) is 0 Å². The Balaban J connectivity index is 2.31. The van der Waals surface area contributed by atoms with Gasteiger partial charge in [-0.25, -0.2) is 4.79 Å². The summed E-state index contributed by atoms with van der Waals surface area (Å²) in [6.45, 7) is 0. The number of carbonyl (C=O) groups excluding carboxylic acids is 3. The maximum atomic E-state index is 12.4. The highest BCUT2D eigenvalue weighted by Crippen LogP contribution is 2.26. The number of hydrogen-bond donors (Lipinski definition) is 0. The van der Waals surface area contributed by atoms with Crippen LogP contribution in [0.25, 0.3) is 0 Å². The number of amides is 2. The van der Waals surface area contributed by atoms with E-state index in [0.717, 1.165) is 10.7 Å². The third-order valence-electron chi connectivity index (χ3n) is 3.41. The minimum atomic E-state index is -0.850. The predicted octanol–water partition coefficient (Wildman–Crippen LogP) is 1.09. The van der Waals surface area contributed by atoms with E-state index in [1.54, 1.807) is 24.3 Å². The van der Waals surface area contributed by atoms with Gasteiger partial charge in [-0.05, 0) is 23.0 Å². The number of hydrogen-bond acceptors (Lipinski definition) is 4. The standard InChI is InChI=1S/C15H18NO4S/c1-20-15(19)12(8-9-21(2)3)16-13(17)10-6-4-5-7-11(10)14(16)18/h4-7,12H,8-9H2,1-3H3/q+1/t12-/m0/s1. The Morgan fingerprint density at radius 3 is 2.14 bits per heavy atom. The van der Waals surface area contributed by atoms with Gasteiger partial charge in [0.25, 0.3) is 11.8 Å². The molecular weight excluding hydrogens is 290 g/mol. The van der Waals surface area contributed by atoms with Gasteiger partial charge in [0, 0.05) is 6.42 Å². The summed E-state index contributed by atoms with van der Waals surface area (Å²) in [5.74, 6) is -0.626. The van der Waals surface area contributed by atoms with Crippen molar-refractivity contribution in [1.82, 2.24) is 4.90 Å². The monoisotopic (exact) mass is 308 g/mol. The number of methoxy groups -OCH3 is 1. The van der Waals surface area contributed by atoms with Crippen LogP contribution in [0.5, 0.6) is 0 Å². The fourth-order valence-corrected chi connectivity index (χ4v) is 3.02. The van der Waals surface area contributed by atoms with Crippen molar-refractivity contribution >= 4 is 28.7 Å². The summed E-state index contributed by atoms with van der Waals surface area (Å²) in [5.41, 5.74) is 0.701. The maximum absolute atomic E-state index is 12.4. The van der Waals surface area contributed by atoms with Crippen molar-refractivity contribution in [2.75, 3.05) is 25.4 Å². The molecule has 0 radical (unpaired) electrons. The first-order valence-electron chi connectivity index (χ1n) is 6.56. The van der Waals surface area contributed by atoms with Crippen LogP contribution in [0.1, 0.15) is 27.1 Å². The summed E-state index contributed by atoms with van der Waals surface area (Å²) in [7, 11) is 1.38. The number of rotatable bonds is 5. The first kappa shape index (κ1) is 15.6. The van der Waals surface area contributed by atoms with Crippen molar-refractivity contribution in [2.24, 2.45) is 0 Å². The molecule has 6 heteroatoms. The molecule has 0 fully saturated rings. The highest BCUT2D eigenvalue weighted by atomic mass is 32.2. The van der Waals surface area contributed by atoms with Gasteiger partial charge < -0.3 is 4.74 Å². The van der Waals surface area contributed by atoms with E-state index in [-0.39, 0.29) is 10.9 Å². The van der Waals surface area contributed by atoms with Crippen molar-refractivity contribution in [3.8, 4) is 0 Å².